The Hall–Kier alpha value is -1.86. The molecule has 0 bridgehead atoms. The number of esters is 1. The Morgan fingerprint density at radius 2 is 1.68 bits per heavy atom. The zero-order chi connectivity index (χ0) is 25.0. The number of hydrogen-bond acceptors (Lipinski definition) is 4. The van der Waals surface area contributed by atoms with Gasteiger partial charge < -0.3 is 0 Å². The fourth-order valence-electron chi connectivity index (χ4n) is 3.18. The molecule has 0 aliphatic rings. The van der Waals surface area contributed by atoms with Crippen LogP contribution in [0.5, 0.6) is 0 Å². The van der Waals surface area contributed by atoms with Crippen LogP contribution in [0.4, 0.5) is 0 Å². The summed E-state index contributed by atoms with van der Waals surface area (Å²) in [5, 5.41) is 1.05. The van der Waals surface area contributed by atoms with E-state index >= 15 is 0 Å². The van der Waals surface area contributed by atoms with E-state index in [9.17, 15) is 13.2 Å². The Morgan fingerprint density at radius 3 is 2.29 bits per heavy atom. The monoisotopic (exact) mass is 567 g/mol. The molecule has 0 saturated heterocycles. The van der Waals surface area contributed by atoms with Crippen molar-refractivity contribution in [2.75, 3.05) is 5.75 Å². The van der Waals surface area contributed by atoms with Crippen molar-refractivity contribution in [3.8, 4) is 0 Å². The van der Waals surface area contributed by atoms with Gasteiger partial charge in [0.25, 0.3) is 0 Å². The van der Waals surface area contributed by atoms with Crippen molar-refractivity contribution in [2.45, 2.75) is 63.4 Å². The minimum absolute atomic E-state index is 0.102. The molecule has 2 rings (SSSR count). The van der Waals surface area contributed by atoms with Gasteiger partial charge in [-0.15, -0.1) is 0 Å². The molecule has 0 N–H and O–H groups in total. The van der Waals surface area contributed by atoms with Crippen LogP contribution in [0.2, 0.25) is 31.0 Å². The van der Waals surface area contributed by atoms with E-state index in [4.69, 9.17) is 4.74 Å². The number of rotatable bonds is 14. The van der Waals surface area contributed by atoms with Gasteiger partial charge in [0.1, 0.15) is 0 Å². The molecule has 0 fully saturated rings. The van der Waals surface area contributed by atoms with Crippen molar-refractivity contribution in [1.29, 1.82) is 0 Å². The molecule has 34 heavy (non-hydrogen) atoms. The van der Waals surface area contributed by atoms with E-state index in [1.54, 1.807) is 0 Å². The normalized spacial score (nSPS) is 13.1. The molecule has 1 unspecified atom stereocenters. The molecule has 186 valence electrons. The van der Waals surface area contributed by atoms with Gasteiger partial charge in [0.2, 0.25) is 0 Å². The topological polar surface area (TPSA) is 63.7 Å². The first-order valence-electron chi connectivity index (χ1n) is 11.6. The van der Waals surface area contributed by atoms with Crippen LogP contribution in [0.1, 0.15) is 25.3 Å². The van der Waals surface area contributed by atoms with Gasteiger partial charge in [0.15, 0.2) is 0 Å². The summed E-state index contributed by atoms with van der Waals surface area (Å²) in [6.07, 6.45) is 4.31. The van der Waals surface area contributed by atoms with E-state index in [0.29, 0.717) is 21.0 Å². The van der Waals surface area contributed by atoms with Gasteiger partial charge >= 0.3 is 195 Å². The number of carbonyl (C=O) groups excluding carboxylic acids is 1. The average molecular weight is 567 g/mol. The summed E-state index contributed by atoms with van der Waals surface area (Å²) in [4.78, 5) is 12.3. The summed E-state index contributed by atoms with van der Waals surface area (Å²) in [6.45, 7) is 8.57. The Labute approximate surface area is 212 Å². The van der Waals surface area contributed by atoms with Gasteiger partial charge in [-0.3, -0.25) is 0 Å². The SMILES string of the molecule is CC(CCC[Se]c1ccccc1)N(/C=C/C(=O)OCc1ccccc1)S(=O)(=O)CC[Si](C)(C)C. The van der Waals surface area contributed by atoms with E-state index in [-0.39, 0.29) is 18.4 Å². The van der Waals surface area contributed by atoms with Crippen LogP contribution in [-0.2, 0) is 26.2 Å². The Balaban J connectivity index is 2.00. The van der Waals surface area contributed by atoms with Crippen LogP contribution in [0, 0.1) is 0 Å². The Bertz CT molecular complexity index is 1010. The molecule has 0 spiro atoms. The third-order valence-corrected chi connectivity index (χ3v) is 11.5. The predicted octanol–water partition coefficient (Wildman–Crippen LogP) is 4.83. The van der Waals surface area contributed by atoms with Crippen LogP contribution in [0.3, 0.4) is 0 Å². The minimum atomic E-state index is -3.53. The Morgan fingerprint density at radius 1 is 1.06 bits per heavy atom. The first kappa shape index (κ1) is 28.4. The fourth-order valence-corrected chi connectivity index (χ4v) is 9.65. The quantitative estimate of drug-likeness (QED) is 0.142. The van der Waals surface area contributed by atoms with Gasteiger partial charge in [-0.2, -0.15) is 0 Å². The maximum absolute atomic E-state index is 13.2. The fraction of sp³-hybridized carbons (Fsp3) is 0.423. The predicted molar refractivity (Wildman–Crippen MR) is 144 cm³/mol. The molecule has 1 atom stereocenters. The molecule has 0 aromatic heterocycles. The molecule has 5 nitrogen and oxygen atoms in total. The second-order valence-corrected chi connectivity index (χ2v) is 19.6. The van der Waals surface area contributed by atoms with E-state index < -0.39 is 24.1 Å². The average Bonchev–Trinajstić information content (AvgIpc) is 2.80. The molecule has 0 heterocycles. The van der Waals surface area contributed by atoms with Crippen LogP contribution < -0.4 is 4.46 Å². The molecule has 0 amide bonds. The number of nitrogens with zero attached hydrogens (tertiary/aromatic N) is 1. The number of ether oxygens (including phenoxy) is 1. The molecule has 0 radical (unpaired) electrons. The number of benzene rings is 2. The second-order valence-electron chi connectivity index (χ2n) is 9.52. The van der Waals surface area contributed by atoms with E-state index in [1.807, 2.05) is 55.5 Å². The molecular formula is C26H37NO4SSeSi. The van der Waals surface area contributed by atoms with Crippen molar-refractivity contribution < 1.29 is 17.9 Å². The first-order chi connectivity index (χ1) is 16.1. The van der Waals surface area contributed by atoms with E-state index in [2.05, 4.69) is 31.8 Å². The van der Waals surface area contributed by atoms with E-state index in [0.717, 1.165) is 23.7 Å². The molecule has 2 aromatic carbocycles. The van der Waals surface area contributed by atoms with Crippen LogP contribution in [0.15, 0.2) is 72.9 Å². The van der Waals surface area contributed by atoms with E-state index in [1.165, 1.54) is 21.0 Å². The van der Waals surface area contributed by atoms with Crippen LogP contribution >= 0.6 is 0 Å². The second kappa shape index (κ2) is 13.9. The van der Waals surface area contributed by atoms with Crippen molar-refractivity contribution in [3.05, 3.63) is 78.5 Å². The molecule has 2 aromatic rings. The van der Waals surface area contributed by atoms with Crippen molar-refractivity contribution in [1.82, 2.24) is 4.31 Å². The third-order valence-electron chi connectivity index (χ3n) is 5.23. The molecule has 8 heteroatoms. The summed E-state index contributed by atoms with van der Waals surface area (Å²) >= 11 is 0.375. The van der Waals surface area contributed by atoms with Crippen molar-refractivity contribution in [2.24, 2.45) is 0 Å². The standard InChI is InChI=1S/C26H37NO4SSeSi/c1-23(12-11-20-33-25-15-9-6-10-16-25)27(32(29,30)19-21-34(2,3)4)18-17-26(28)31-22-24-13-7-5-8-14-24/h5-10,13-18,23H,11-12,19-22H2,1-4H3/b18-17+. The van der Waals surface area contributed by atoms with Gasteiger partial charge in [-0.05, 0) is 0 Å². The first-order valence-corrected chi connectivity index (χ1v) is 19.0. The molecule has 0 saturated carbocycles. The summed E-state index contributed by atoms with van der Waals surface area (Å²) in [5.41, 5.74) is 0.887. The Kier molecular flexibility index (Phi) is 11.6. The van der Waals surface area contributed by atoms with Gasteiger partial charge in [0, 0.05) is 0 Å². The summed E-state index contributed by atoms with van der Waals surface area (Å²) in [5.74, 6) is -0.446. The third kappa shape index (κ3) is 11.0. The van der Waals surface area contributed by atoms with Crippen molar-refractivity contribution >= 4 is 43.5 Å². The zero-order valence-corrected chi connectivity index (χ0v) is 24.2. The van der Waals surface area contributed by atoms with Crippen LogP contribution in [0.25, 0.3) is 0 Å². The van der Waals surface area contributed by atoms with Gasteiger partial charge in [-0.25, -0.2) is 0 Å². The van der Waals surface area contributed by atoms with Gasteiger partial charge in [0.05, 0.1) is 0 Å². The molecule has 0 aliphatic heterocycles. The summed E-state index contributed by atoms with van der Waals surface area (Å²) < 4.78 is 34.5. The van der Waals surface area contributed by atoms with Gasteiger partial charge in [-0.1, -0.05) is 18.2 Å². The number of carbonyl (C=O) groups is 1. The summed E-state index contributed by atoms with van der Waals surface area (Å²) in [6, 6.07) is 20.3. The molecule has 0 aliphatic carbocycles. The number of hydrogen-bond donors (Lipinski definition) is 0. The van der Waals surface area contributed by atoms with Crippen molar-refractivity contribution in [3.63, 3.8) is 0 Å². The summed E-state index contributed by atoms with van der Waals surface area (Å²) in [7, 11) is -5.06. The number of sulfonamides is 1. The maximum atomic E-state index is 13.2. The molecular weight excluding hydrogens is 529 g/mol. The van der Waals surface area contributed by atoms with Crippen LogP contribution in [-0.4, -0.2) is 53.5 Å². The zero-order valence-electron chi connectivity index (χ0n) is 20.6.